The van der Waals surface area contributed by atoms with Crippen LogP contribution in [0.2, 0.25) is 0 Å². The van der Waals surface area contributed by atoms with E-state index in [-0.39, 0.29) is 10.7 Å². The minimum Gasteiger partial charge on any atom is -0.492 e. The summed E-state index contributed by atoms with van der Waals surface area (Å²) in [5, 5.41) is 3.65. The van der Waals surface area contributed by atoms with Gasteiger partial charge >= 0.3 is 0 Å². The molecule has 0 unspecified atom stereocenters. The van der Waals surface area contributed by atoms with Crippen molar-refractivity contribution in [2.75, 3.05) is 17.9 Å². The Balaban J connectivity index is 2.25. The first-order valence-corrected chi connectivity index (χ1v) is 7.81. The molecule has 0 aliphatic rings. The van der Waals surface area contributed by atoms with Gasteiger partial charge in [-0.05, 0) is 26.0 Å². The smallest absolute Gasteiger partial charge is 0.267 e. The van der Waals surface area contributed by atoms with Gasteiger partial charge in [-0.3, -0.25) is 4.72 Å². The molecule has 2 rings (SSSR count). The monoisotopic (exact) mass is 311 g/mol. The van der Waals surface area contributed by atoms with Gasteiger partial charge in [-0.15, -0.1) is 0 Å². The fourth-order valence-corrected chi connectivity index (χ4v) is 3.27. The average molecular weight is 311 g/mol. The second kappa shape index (κ2) is 6.15. The number of aryl methyl sites for hydroxylation is 2. The molecule has 0 bridgehead atoms. The summed E-state index contributed by atoms with van der Waals surface area (Å²) in [4.78, 5) is 0.0516. The SMILES string of the molecule is Cc1noc(C)c1S(=O)(=O)Nc1cccc(OCCN)c1. The number of rotatable bonds is 6. The first kappa shape index (κ1) is 15.3. The molecular formula is C13H17N3O4S. The zero-order valence-electron chi connectivity index (χ0n) is 11.8. The van der Waals surface area contributed by atoms with Gasteiger partial charge in [0.1, 0.15) is 18.1 Å². The summed E-state index contributed by atoms with van der Waals surface area (Å²) in [5.74, 6) is 0.787. The molecule has 7 nitrogen and oxygen atoms in total. The van der Waals surface area contributed by atoms with E-state index in [4.69, 9.17) is 15.0 Å². The molecule has 2 aromatic rings. The van der Waals surface area contributed by atoms with Gasteiger partial charge in [0, 0.05) is 12.6 Å². The number of benzene rings is 1. The van der Waals surface area contributed by atoms with Crippen LogP contribution in [0.25, 0.3) is 0 Å². The molecule has 21 heavy (non-hydrogen) atoms. The lowest BCUT2D eigenvalue weighted by molar-refractivity contribution is 0.328. The number of ether oxygens (including phenoxy) is 1. The van der Waals surface area contributed by atoms with Crippen LogP contribution in [0, 0.1) is 13.8 Å². The summed E-state index contributed by atoms with van der Waals surface area (Å²) in [7, 11) is -3.76. The molecule has 0 spiro atoms. The Bertz CT molecular complexity index is 705. The Morgan fingerprint density at radius 3 is 2.76 bits per heavy atom. The Labute approximate surface area is 123 Å². The van der Waals surface area contributed by atoms with Crippen LogP contribution in [-0.4, -0.2) is 26.7 Å². The van der Waals surface area contributed by atoms with Crippen molar-refractivity contribution in [2.24, 2.45) is 5.73 Å². The Morgan fingerprint density at radius 1 is 1.38 bits per heavy atom. The predicted octanol–water partition coefficient (Wildman–Crippen LogP) is 1.43. The number of hydrogen-bond acceptors (Lipinski definition) is 6. The number of sulfonamides is 1. The maximum absolute atomic E-state index is 12.4. The fraction of sp³-hybridized carbons (Fsp3) is 0.308. The van der Waals surface area contributed by atoms with Crippen molar-refractivity contribution in [3.8, 4) is 5.75 Å². The van der Waals surface area contributed by atoms with Crippen LogP contribution in [0.5, 0.6) is 5.75 Å². The van der Waals surface area contributed by atoms with Crippen LogP contribution >= 0.6 is 0 Å². The number of anilines is 1. The average Bonchev–Trinajstić information content (AvgIpc) is 2.76. The van der Waals surface area contributed by atoms with Crippen molar-refractivity contribution in [1.29, 1.82) is 0 Å². The molecule has 0 radical (unpaired) electrons. The lowest BCUT2D eigenvalue weighted by Crippen LogP contribution is -2.15. The summed E-state index contributed by atoms with van der Waals surface area (Å²) in [6, 6.07) is 6.64. The molecule has 0 aliphatic heterocycles. The molecule has 0 saturated heterocycles. The summed E-state index contributed by atoms with van der Waals surface area (Å²) >= 11 is 0. The highest BCUT2D eigenvalue weighted by atomic mass is 32.2. The Kier molecular flexibility index (Phi) is 4.49. The van der Waals surface area contributed by atoms with Gasteiger partial charge < -0.3 is 15.0 Å². The molecule has 114 valence electrons. The van der Waals surface area contributed by atoms with Gasteiger partial charge in [-0.25, -0.2) is 8.42 Å². The van der Waals surface area contributed by atoms with Gasteiger partial charge in [-0.2, -0.15) is 0 Å². The van der Waals surface area contributed by atoms with E-state index >= 15 is 0 Å². The molecule has 1 aromatic carbocycles. The predicted molar refractivity (Wildman–Crippen MR) is 77.8 cm³/mol. The number of aromatic nitrogens is 1. The molecule has 0 aliphatic carbocycles. The van der Waals surface area contributed by atoms with Gasteiger partial charge in [0.15, 0.2) is 10.7 Å². The van der Waals surface area contributed by atoms with Crippen LogP contribution in [0.3, 0.4) is 0 Å². The molecule has 0 fully saturated rings. The first-order chi connectivity index (χ1) is 9.94. The summed E-state index contributed by atoms with van der Waals surface area (Å²) in [6.45, 7) is 3.87. The van der Waals surface area contributed by atoms with Crippen LogP contribution in [0.4, 0.5) is 5.69 Å². The second-order valence-corrected chi connectivity index (χ2v) is 6.04. The standard InChI is InChI=1S/C13H17N3O4S/c1-9-13(10(2)20-15-9)21(17,18)16-11-4-3-5-12(8-11)19-7-6-14/h3-5,8,16H,6-7,14H2,1-2H3. The third-order valence-corrected chi connectivity index (χ3v) is 4.33. The maximum atomic E-state index is 12.4. The van der Waals surface area contributed by atoms with Gasteiger partial charge in [-0.1, -0.05) is 11.2 Å². The van der Waals surface area contributed by atoms with Crippen molar-refractivity contribution in [3.63, 3.8) is 0 Å². The summed E-state index contributed by atoms with van der Waals surface area (Å²) < 4.78 is 37.4. The van der Waals surface area contributed by atoms with Crippen molar-refractivity contribution in [2.45, 2.75) is 18.7 Å². The minimum atomic E-state index is -3.76. The van der Waals surface area contributed by atoms with Crippen LogP contribution in [0.15, 0.2) is 33.7 Å². The van der Waals surface area contributed by atoms with Crippen LogP contribution in [-0.2, 0) is 10.0 Å². The normalized spacial score (nSPS) is 11.4. The number of nitrogens with two attached hydrogens (primary N) is 1. The lowest BCUT2D eigenvalue weighted by Gasteiger charge is -2.09. The topological polar surface area (TPSA) is 107 Å². The number of hydrogen-bond donors (Lipinski definition) is 2. The molecule has 1 heterocycles. The van der Waals surface area contributed by atoms with Gasteiger partial charge in [0.05, 0.1) is 5.69 Å². The van der Waals surface area contributed by atoms with Gasteiger partial charge in [0.2, 0.25) is 0 Å². The van der Waals surface area contributed by atoms with Crippen LogP contribution in [0.1, 0.15) is 11.5 Å². The van der Waals surface area contributed by atoms with E-state index in [9.17, 15) is 8.42 Å². The highest BCUT2D eigenvalue weighted by Crippen LogP contribution is 2.24. The summed E-state index contributed by atoms with van der Waals surface area (Å²) in [6.07, 6.45) is 0. The highest BCUT2D eigenvalue weighted by molar-refractivity contribution is 7.92. The van der Waals surface area contributed by atoms with Crippen LogP contribution < -0.4 is 15.2 Å². The Hall–Kier alpha value is -2.06. The third kappa shape index (κ3) is 3.53. The van der Waals surface area contributed by atoms with Crippen molar-refractivity contribution < 1.29 is 17.7 Å². The quantitative estimate of drug-likeness (QED) is 0.835. The highest BCUT2D eigenvalue weighted by Gasteiger charge is 2.24. The Morgan fingerprint density at radius 2 is 2.14 bits per heavy atom. The molecule has 8 heteroatoms. The van der Waals surface area contributed by atoms with E-state index < -0.39 is 10.0 Å². The molecule has 0 amide bonds. The summed E-state index contributed by atoms with van der Waals surface area (Å²) in [5.41, 5.74) is 6.07. The second-order valence-electron chi connectivity index (χ2n) is 4.42. The first-order valence-electron chi connectivity index (χ1n) is 6.32. The third-order valence-electron chi connectivity index (χ3n) is 2.71. The number of nitrogens with one attached hydrogen (secondary N) is 1. The van der Waals surface area contributed by atoms with Crippen molar-refractivity contribution in [3.05, 3.63) is 35.7 Å². The van der Waals surface area contributed by atoms with E-state index in [1.54, 1.807) is 38.1 Å². The van der Waals surface area contributed by atoms with Crippen molar-refractivity contribution in [1.82, 2.24) is 5.16 Å². The molecule has 0 atom stereocenters. The van der Waals surface area contributed by atoms with E-state index in [1.165, 1.54) is 0 Å². The molecule has 0 saturated carbocycles. The molecule has 1 aromatic heterocycles. The van der Waals surface area contributed by atoms with E-state index in [2.05, 4.69) is 9.88 Å². The largest absolute Gasteiger partial charge is 0.492 e. The maximum Gasteiger partial charge on any atom is 0.267 e. The van der Waals surface area contributed by atoms with E-state index in [1.807, 2.05) is 0 Å². The lowest BCUT2D eigenvalue weighted by atomic mass is 10.3. The van der Waals surface area contributed by atoms with E-state index in [0.29, 0.717) is 30.3 Å². The number of nitrogens with zero attached hydrogens (tertiary/aromatic N) is 1. The zero-order valence-corrected chi connectivity index (χ0v) is 12.6. The molecule has 3 N–H and O–H groups in total. The van der Waals surface area contributed by atoms with Crippen molar-refractivity contribution >= 4 is 15.7 Å². The van der Waals surface area contributed by atoms with Gasteiger partial charge in [0.25, 0.3) is 10.0 Å². The zero-order chi connectivity index (χ0) is 15.5. The molecular weight excluding hydrogens is 294 g/mol. The van der Waals surface area contributed by atoms with E-state index in [0.717, 1.165) is 0 Å². The fourth-order valence-electron chi connectivity index (χ4n) is 1.89. The minimum absolute atomic E-state index is 0.0516.